The van der Waals surface area contributed by atoms with Crippen molar-refractivity contribution in [2.24, 2.45) is 5.73 Å². The van der Waals surface area contributed by atoms with Gasteiger partial charge in [-0.3, -0.25) is 9.69 Å². The predicted molar refractivity (Wildman–Crippen MR) is 72.9 cm³/mol. The number of thiocarbonyl (C=S) groups is 1. The van der Waals surface area contributed by atoms with Gasteiger partial charge in [0.1, 0.15) is 17.3 Å². The van der Waals surface area contributed by atoms with Gasteiger partial charge in [-0.05, 0) is 12.1 Å². The number of benzene rings is 1. The van der Waals surface area contributed by atoms with Crippen LogP contribution >= 0.6 is 12.2 Å². The molecule has 1 aromatic rings. The summed E-state index contributed by atoms with van der Waals surface area (Å²) in [6.45, 7) is 0.484. The van der Waals surface area contributed by atoms with E-state index in [9.17, 15) is 9.59 Å². The van der Waals surface area contributed by atoms with E-state index in [1.807, 2.05) is 0 Å². The van der Waals surface area contributed by atoms with Crippen molar-refractivity contribution in [3.8, 4) is 5.75 Å². The van der Waals surface area contributed by atoms with Gasteiger partial charge in [0.25, 0.3) is 0 Å². The second-order valence-electron chi connectivity index (χ2n) is 3.94. The van der Waals surface area contributed by atoms with Gasteiger partial charge >= 0.3 is 6.03 Å². The number of hydrogen-bond donors (Lipinski definition) is 2. The number of urea groups is 1. The fourth-order valence-electron chi connectivity index (χ4n) is 1.68. The Morgan fingerprint density at radius 2 is 2.26 bits per heavy atom. The molecule has 19 heavy (non-hydrogen) atoms. The van der Waals surface area contributed by atoms with Crippen molar-refractivity contribution in [2.45, 2.75) is 0 Å². The summed E-state index contributed by atoms with van der Waals surface area (Å²) in [4.78, 5) is 24.0. The molecule has 0 saturated carbocycles. The van der Waals surface area contributed by atoms with Crippen molar-refractivity contribution in [1.29, 1.82) is 0 Å². The molecule has 2 rings (SSSR count). The standard InChI is InChI=1S/C12H13N3O3S/c13-11(19)8-2-1-3-9(6-8)18-5-4-15-10(16)7-14-12(15)17/h1-3,6H,4-5,7H2,(H2,13,19)(H,14,17). The number of nitrogens with zero attached hydrogens (tertiary/aromatic N) is 1. The van der Waals surface area contributed by atoms with E-state index in [0.717, 1.165) is 4.90 Å². The van der Waals surface area contributed by atoms with Crippen LogP contribution in [0.2, 0.25) is 0 Å². The van der Waals surface area contributed by atoms with Crippen LogP contribution < -0.4 is 15.8 Å². The molecule has 7 heteroatoms. The third-order valence-corrected chi connectivity index (χ3v) is 2.87. The first-order valence-corrected chi connectivity index (χ1v) is 6.09. The highest BCUT2D eigenvalue weighted by Crippen LogP contribution is 2.13. The Balaban J connectivity index is 1.89. The van der Waals surface area contributed by atoms with Gasteiger partial charge in [-0.2, -0.15) is 0 Å². The van der Waals surface area contributed by atoms with E-state index in [1.54, 1.807) is 24.3 Å². The average molecular weight is 279 g/mol. The van der Waals surface area contributed by atoms with Gasteiger partial charge in [0.2, 0.25) is 5.91 Å². The molecular weight excluding hydrogens is 266 g/mol. The number of rotatable bonds is 5. The molecule has 3 amide bonds. The Hall–Kier alpha value is -2.15. The molecule has 1 aliphatic heterocycles. The summed E-state index contributed by atoms with van der Waals surface area (Å²) in [6.07, 6.45) is 0. The maximum atomic E-state index is 11.3. The van der Waals surface area contributed by atoms with E-state index >= 15 is 0 Å². The summed E-state index contributed by atoms with van der Waals surface area (Å²) in [5.74, 6) is 0.350. The fourth-order valence-corrected chi connectivity index (χ4v) is 1.80. The molecule has 1 heterocycles. The maximum Gasteiger partial charge on any atom is 0.324 e. The number of amides is 3. The zero-order valence-electron chi connectivity index (χ0n) is 10.1. The molecule has 0 aliphatic carbocycles. The number of ether oxygens (including phenoxy) is 1. The van der Waals surface area contributed by atoms with Crippen LogP contribution in [-0.2, 0) is 4.79 Å². The van der Waals surface area contributed by atoms with E-state index in [1.165, 1.54) is 0 Å². The van der Waals surface area contributed by atoms with Crippen LogP contribution in [-0.4, -0.2) is 41.5 Å². The minimum absolute atomic E-state index is 0.0514. The van der Waals surface area contributed by atoms with Crippen LogP contribution in [0.4, 0.5) is 4.79 Å². The number of hydrogen-bond acceptors (Lipinski definition) is 4. The lowest BCUT2D eigenvalue weighted by Crippen LogP contribution is -2.34. The van der Waals surface area contributed by atoms with Crippen LogP contribution in [0.15, 0.2) is 24.3 Å². The second-order valence-corrected chi connectivity index (χ2v) is 4.38. The van der Waals surface area contributed by atoms with E-state index < -0.39 is 0 Å². The normalized spacial score (nSPS) is 14.4. The van der Waals surface area contributed by atoms with Crippen LogP contribution in [0.3, 0.4) is 0 Å². The number of carbonyl (C=O) groups is 2. The lowest BCUT2D eigenvalue weighted by molar-refractivity contribution is -0.125. The van der Waals surface area contributed by atoms with Crippen molar-refractivity contribution < 1.29 is 14.3 Å². The molecule has 0 atom stereocenters. The van der Waals surface area contributed by atoms with Crippen molar-refractivity contribution in [1.82, 2.24) is 10.2 Å². The van der Waals surface area contributed by atoms with Crippen molar-refractivity contribution in [3.05, 3.63) is 29.8 Å². The largest absolute Gasteiger partial charge is 0.492 e. The van der Waals surface area contributed by atoms with E-state index in [-0.39, 0.29) is 31.6 Å². The van der Waals surface area contributed by atoms with Gasteiger partial charge in [-0.1, -0.05) is 24.4 Å². The third-order valence-electron chi connectivity index (χ3n) is 2.64. The second kappa shape index (κ2) is 5.66. The summed E-state index contributed by atoms with van der Waals surface area (Å²) in [5, 5.41) is 2.44. The number of imide groups is 1. The molecule has 6 nitrogen and oxygen atoms in total. The maximum absolute atomic E-state index is 11.3. The SMILES string of the molecule is NC(=S)c1cccc(OCCN2C(=O)CNC2=O)c1. The van der Waals surface area contributed by atoms with E-state index in [4.69, 9.17) is 22.7 Å². The monoisotopic (exact) mass is 279 g/mol. The van der Waals surface area contributed by atoms with Crippen LogP contribution in [0.25, 0.3) is 0 Å². The molecule has 1 fully saturated rings. The number of nitrogens with one attached hydrogen (secondary N) is 1. The molecule has 100 valence electrons. The number of nitrogens with two attached hydrogens (primary N) is 1. The molecule has 3 N–H and O–H groups in total. The molecular formula is C12H13N3O3S. The van der Waals surface area contributed by atoms with E-state index in [0.29, 0.717) is 16.3 Å². The minimum Gasteiger partial charge on any atom is -0.492 e. The fraction of sp³-hybridized carbons (Fsp3) is 0.250. The summed E-state index contributed by atoms with van der Waals surface area (Å²) >= 11 is 4.87. The summed E-state index contributed by atoms with van der Waals surface area (Å²) in [6, 6.07) is 6.65. The summed E-state index contributed by atoms with van der Waals surface area (Å²) in [7, 11) is 0. The minimum atomic E-state index is -0.384. The van der Waals surface area contributed by atoms with Gasteiger partial charge in [0, 0.05) is 5.56 Å². The lowest BCUT2D eigenvalue weighted by Gasteiger charge is -2.13. The quantitative estimate of drug-likeness (QED) is 0.596. The summed E-state index contributed by atoms with van der Waals surface area (Å²) in [5.41, 5.74) is 6.23. The van der Waals surface area contributed by atoms with Gasteiger partial charge < -0.3 is 15.8 Å². The highest BCUT2D eigenvalue weighted by atomic mass is 32.1. The Morgan fingerprint density at radius 1 is 1.47 bits per heavy atom. The molecule has 1 aliphatic rings. The smallest absolute Gasteiger partial charge is 0.324 e. The van der Waals surface area contributed by atoms with E-state index in [2.05, 4.69) is 5.32 Å². The number of carbonyl (C=O) groups excluding carboxylic acids is 2. The van der Waals surface area contributed by atoms with Crippen molar-refractivity contribution >= 4 is 29.1 Å². The lowest BCUT2D eigenvalue weighted by atomic mass is 10.2. The molecule has 1 saturated heterocycles. The average Bonchev–Trinajstić information content (AvgIpc) is 2.71. The van der Waals surface area contributed by atoms with Gasteiger partial charge in [-0.15, -0.1) is 0 Å². The Labute approximate surface area is 115 Å². The molecule has 0 unspecified atom stereocenters. The first-order valence-electron chi connectivity index (χ1n) is 5.69. The zero-order chi connectivity index (χ0) is 13.8. The van der Waals surface area contributed by atoms with Crippen molar-refractivity contribution in [3.63, 3.8) is 0 Å². The topological polar surface area (TPSA) is 84.7 Å². The van der Waals surface area contributed by atoms with Gasteiger partial charge in [0.15, 0.2) is 0 Å². The van der Waals surface area contributed by atoms with Crippen LogP contribution in [0.1, 0.15) is 5.56 Å². The molecule has 1 aromatic carbocycles. The van der Waals surface area contributed by atoms with Gasteiger partial charge in [-0.25, -0.2) is 4.79 Å². The van der Waals surface area contributed by atoms with Crippen molar-refractivity contribution in [2.75, 3.05) is 19.7 Å². The van der Waals surface area contributed by atoms with Crippen LogP contribution in [0, 0.1) is 0 Å². The predicted octanol–water partition coefficient (Wildman–Crippen LogP) is 0.251. The Bertz CT molecular complexity index is 517. The Morgan fingerprint density at radius 3 is 2.89 bits per heavy atom. The highest BCUT2D eigenvalue weighted by Gasteiger charge is 2.27. The molecule has 0 radical (unpaired) electrons. The third kappa shape index (κ3) is 3.19. The summed E-state index contributed by atoms with van der Waals surface area (Å²) < 4.78 is 5.47. The van der Waals surface area contributed by atoms with Gasteiger partial charge in [0.05, 0.1) is 13.1 Å². The zero-order valence-corrected chi connectivity index (χ0v) is 10.9. The molecule has 0 aromatic heterocycles. The highest BCUT2D eigenvalue weighted by molar-refractivity contribution is 7.80. The molecule has 0 spiro atoms. The first kappa shape index (κ1) is 13.3. The molecule has 0 bridgehead atoms. The first-order chi connectivity index (χ1) is 9.08. The van der Waals surface area contributed by atoms with Crippen LogP contribution in [0.5, 0.6) is 5.75 Å². The Kier molecular flexibility index (Phi) is 3.96.